The number of amides is 2. The summed E-state index contributed by atoms with van der Waals surface area (Å²) in [6.45, 7) is 5.17. The molecule has 0 saturated carbocycles. The highest BCUT2D eigenvalue weighted by Gasteiger charge is 2.16. The Hall–Kier alpha value is -2.15. The molecule has 0 spiro atoms. The zero-order chi connectivity index (χ0) is 19.8. The second kappa shape index (κ2) is 10.4. The van der Waals surface area contributed by atoms with Gasteiger partial charge in [0.15, 0.2) is 0 Å². The van der Waals surface area contributed by atoms with Crippen LogP contribution in [-0.2, 0) is 11.3 Å². The Labute approximate surface area is 170 Å². The summed E-state index contributed by atoms with van der Waals surface area (Å²) < 4.78 is 18.9. The number of benzene rings is 2. The number of nitrogens with zero attached hydrogens (tertiary/aromatic N) is 2. The van der Waals surface area contributed by atoms with Gasteiger partial charge in [-0.2, -0.15) is 0 Å². The third-order valence-corrected chi connectivity index (χ3v) is 4.90. The van der Waals surface area contributed by atoms with Crippen LogP contribution < -0.4 is 5.32 Å². The maximum Gasteiger partial charge on any atom is 0.322 e. The first-order chi connectivity index (χ1) is 13.6. The van der Waals surface area contributed by atoms with E-state index in [9.17, 15) is 9.18 Å². The van der Waals surface area contributed by atoms with Crippen molar-refractivity contribution in [3.05, 3.63) is 64.9 Å². The molecule has 0 bridgehead atoms. The molecular formula is C21H25ClFN3O2. The number of ether oxygens (including phenoxy) is 1. The molecule has 1 N–H and O–H groups in total. The highest BCUT2D eigenvalue weighted by atomic mass is 35.5. The Bertz CT molecular complexity index is 767. The number of anilines is 1. The molecule has 2 aromatic rings. The van der Waals surface area contributed by atoms with Crippen LogP contribution in [0.5, 0.6) is 0 Å². The minimum absolute atomic E-state index is 0.214. The van der Waals surface area contributed by atoms with Crippen molar-refractivity contribution in [1.29, 1.82) is 0 Å². The lowest BCUT2D eigenvalue weighted by atomic mass is 10.2. The summed E-state index contributed by atoms with van der Waals surface area (Å²) in [7, 11) is 0. The SMILES string of the molecule is O=C(Nc1ccc(Cl)cc1)N(CCCN1CCOCC1)Cc1cccc(F)c1. The molecule has 1 aliphatic rings. The van der Waals surface area contributed by atoms with Crippen LogP contribution in [0.2, 0.25) is 5.02 Å². The average molecular weight is 406 g/mol. The van der Waals surface area contributed by atoms with Gasteiger partial charge in [0.2, 0.25) is 0 Å². The van der Waals surface area contributed by atoms with E-state index in [4.69, 9.17) is 16.3 Å². The van der Waals surface area contributed by atoms with Crippen LogP contribution in [-0.4, -0.2) is 55.2 Å². The second-order valence-corrected chi connectivity index (χ2v) is 7.23. The Morgan fingerprint density at radius 1 is 1.18 bits per heavy atom. The van der Waals surface area contributed by atoms with Gasteiger partial charge >= 0.3 is 6.03 Å². The number of urea groups is 1. The van der Waals surface area contributed by atoms with Crippen LogP contribution in [0, 0.1) is 5.82 Å². The number of hydrogen-bond acceptors (Lipinski definition) is 3. The van der Waals surface area contributed by atoms with E-state index in [0.717, 1.165) is 44.8 Å². The molecule has 1 heterocycles. The fourth-order valence-corrected chi connectivity index (χ4v) is 3.28. The maximum absolute atomic E-state index is 13.5. The van der Waals surface area contributed by atoms with E-state index in [1.54, 1.807) is 35.2 Å². The molecule has 0 unspecified atom stereocenters. The first-order valence-electron chi connectivity index (χ1n) is 9.46. The highest BCUT2D eigenvalue weighted by molar-refractivity contribution is 6.30. The van der Waals surface area contributed by atoms with Gasteiger partial charge in [0.25, 0.3) is 0 Å². The standard InChI is InChI=1S/C21H25ClFN3O2/c22-18-5-7-20(8-6-18)24-21(27)26(16-17-3-1-4-19(23)15-17)10-2-9-25-11-13-28-14-12-25/h1,3-8,15H,2,9-14,16H2,(H,24,27). The van der Waals surface area contributed by atoms with Gasteiger partial charge in [0.05, 0.1) is 13.2 Å². The van der Waals surface area contributed by atoms with Crippen LogP contribution in [0.15, 0.2) is 48.5 Å². The minimum Gasteiger partial charge on any atom is -0.379 e. The first-order valence-corrected chi connectivity index (χ1v) is 9.84. The maximum atomic E-state index is 13.5. The largest absolute Gasteiger partial charge is 0.379 e. The number of carbonyl (C=O) groups excluding carboxylic acids is 1. The summed E-state index contributed by atoms with van der Waals surface area (Å²) in [6, 6.07) is 13.1. The van der Waals surface area contributed by atoms with Gasteiger partial charge in [-0.25, -0.2) is 9.18 Å². The molecular weight excluding hydrogens is 381 g/mol. The van der Waals surface area contributed by atoms with E-state index >= 15 is 0 Å². The van der Waals surface area contributed by atoms with Gasteiger partial charge in [-0.15, -0.1) is 0 Å². The van der Waals surface area contributed by atoms with Gasteiger partial charge in [-0.05, 0) is 48.4 Å². The number of carbonyl (C=O) groups is 1. The van der Waals surface area contributed by atoms with Gasteiger partial charge < -0.3 is 15.0 Å². The van der Waals surface area contributed by atoms with Crippen molar-refractivity contribution in [2.75, 3.05) is 44.7 Å². The predicted molar refractivity (Wildman–Crippen MR) is 109 cm³/mol. The molecule has 1 fully saturated rings. The van der Waals surface area contributed by atoms with Crippen LogP contribution in [0.1, 0.15) is 12.0 Å². The summed E-state index contributed by atoms with van der Waals surface area (Å²) >= 11 is 5.90. The van der Waals surface area contributed by atoms with Crippen LogP contribution in [0.4, 0.5) is 14.9 Å². The van der Waals surface area contributed by atoms with Crippen LogP contribution in [0.25, 0.3) is 0 Å². The van der Waals surface area contributed by atoms with Crippen molar-refractivity contribution in [2.24, 2.45) is 0 Å². The molecule has 150 valence electrons. The molecule has 2 aromatic carbocycles. The highest BCUT2D eigenvalue weighted by Crippen LogP contribution is 2.15. The summed E-state index contributed by atoms with van der Waals surface area (Å²) in [5.41, 5.74) is 1.43. The van der Waals surface area contributed by atoms with Crippen LogP contribution >= 0.6 is 11.6 Å². The molecule has 1 aliphatic heterocycles. The molecule has 0 radical (unpaired) electrons. The number of halogens is 2. The lowest BCUT2D eigenvalue weighted by molar-refractivity contribution is 0.0365. The van der Waals surface area contributed by atoms with Gasteiger partial charge in [-0.1, -0.05) is 23.7 Å². The Morgan fingerprint density at radius 2 is 1.93 bits per heavy atom. The van der Waals surface area contributed by atoms with Gasteiger partial charge in [-0.3, -0.25) is 4.90 Å². The average Bonchev–Trinajstić information content (AvgIpc) is 2.70. The third kappa shape index (κ3) is 6.48. The van der Waals surface area contributed by atoms with E-state index in [-0.39, 0.29) is 11.8 Å². The van der Waals surface area contributed by atoms with Crippen molar-refractivity contribution in [3.8, 4) is 0 Å². The van der Waals surface area contributed by atoms with Crippen molar-refractivity contribution < 1.29 is 13.9 Å². The quantitative estimate of drug-likeness (QED) is 0.749. The third-order valence-electron chi connectivity index (χ3n) is 4.65. The molecule has 7 heteroatoms. The van der Waals surface area contributed by atoms with E-state index in [1.165, 1.54) is 12.1 Å². The predicted octanol–water partition coefficient (Wildman–Crippen LogP) is 4.24. The number of nitrogens with one attached hydrogen (secondary N) is 1. The fourth-order valence-electron chi connectivity index (χ4n) is 3.15. The normalized spacial score (nSPS) is 14.6. The van der Waals surface area contributed by atoms with Crippen molar-refractivity contribution in [1.82, 2.24) is 9.80 Å². The molecule has 5 nitrogen and oxygen atoms in total. The Balaban J connectivity index is 1.62. The molecule has 28 heavy (non-hydrogen) atoms. The summed E-state index contributed by atoms with van der Waals surface area (Å²) in [4.78, 5) is 16.9. The molecule has 0 aromatic heterocycles. The molecule has 3 rings (SSSR count). The summed E-state index contributed by atoms with van der Waals surface area (Å²) in [5, 5.41) is 3.50. The Kier molecular flexibility index (Phi) is 7.65. The zero-order valence-corrected chi connectivity index (χ0v) is 16.5. The molecule has 0 aliphatic carbocycles. The molecule has 1 saturated heterocycles. The van der Waals surface area contributed by atoms with Crippen LogP contribution in [0.3, 0.4) is 0 Å². The number of morpholine rings is 1. The number of hydrogen-bond donors (Lipinski definition) is 1. The molecule has 2 amide bonds. The lowest BCUT2D eigenvalue weighted by Gasteiger charge is -2.28. The number of rotatable bonds is 7. The van der Waals surface area contributed by atoms with Crippen molar-refractivity contribution in [2.45, 2.75) is 13.0 Å². The zero-order valence-electron chi connectivity index (χ0n) is 15.7. The topological polar surface area (TPSA) is 44.8 Å². The van der Waals surface area contributed by atoms with E-state index < -0.39 is 0 Å². The second-order valence-electron chi connectivity index (χ2n) is 6.80. The minimum atomic E-state index is -0.302. The smallest absolute Gasteiger partial charge is 0.322 e. The summed E-state index contributed by atoms with van der Waals surface area (Å²) in [5.74, 6) is -0.302. The Morgan fingerprint density at radius 3 is 2.64 bits per heavy atom. The summed E-state index contributed by atoms with van der Waals surface area (Å²) in [6.07, 6.45) is 0.837. The van der Waals surface area contributed by atoms with E-state index in [1.807, 2.05) is 6.07 Å². The van der Waals surface area contributed by atoms with Crippen molar-refractivity contribution >= 4 is 23.3 Å². The van der Waals surface area contributed by atoms with Gasteiger partial charge in [0, 0.05) is 43.4 Å². The van der Waals surface area contributed by atoms with Gasteiger partial charge in [0.1, 0.15) is 5.82 Å². The lowest BCUT2D eigenvalue weighted by Crippen LogP contribution is -2.40. The first kappa shape index (κ1) is 20.6. The fraction of sp³-hybridized carbons (Fsp3) is 0.381. The van der Waals surface area contributed by atoms with Crippen molar-refractivity contribution in [3.63, 3.8) is 0 Å². The monoisotopic (exact) mass is 405 g/mol. The molecule has 0 atom stereocenters. The van der Waals surface area contributed by atoms with E-state index in [0.29, 0.717) is 23.8 Å². The van der Waals surface area contributed by atoms with E-state index in [2.05, 4.69) is 10.2 Å².